The number of alkyl halides is 3. The van der Waals surface area contributed by atoms with E-state index >= 15 is 0 Å². The summed E-state index contributed by atoms with van der Waals surface area (Å²) in [6, 6.07) is 7.49. The first-order valence-electron chi connectivity index (χ1n) is 7.53. The fourth-order valence-electron chi connectivity index (χ4n) is 1.96. The number of ether oxygens (including phenoxy) is 1. The van der Waals surface area contributed by atoms with Crippen LogP contribution in [0.3, 0.4) is 0 Å². The number of nitrogens with one attached hydrogen (secondary N) is 1. The average molecular weight is 413 g/mol. The summed E-state index contributed by atoms with van der Waals surface area (Å²) in [5.41, 5.74) is 3.58. The molecule has 0 saturated carbocycles. The first-order valence-corrected chi connectivity index (χ1v) is 8.79. The van der Waals surface area contributed by atoms with E-state index in [4.69, 9.17) is 16.3 Å². The molecular formula is C17H12ClF3N4OS. The molecular weight excluding hydrogens is 401 g/mol. The van der Waals surface area contributed by atoms with Crippen LogP contribution >= 0.6 is 22.9 Å². The summed E-state index contributed by atoms with van der Waals surface area (Å²) in [6.07, 6.45) is -2.24. The molecule has 0 spiro atoms. The minimum absolute atomic E-state index is 0.105. The maximum atomic E-state index is 12.6. The number of rotatable bonds is 5. The van der Waals surface area contributed by atoms with Gasteiger partial charge in [-0.1, -0.05) is 11.6 Å². The predicted octanol–water partition coefficient (Wildman–Crippen LogP) is 5.76. The second-order valence-corrected chi connectivity index (χ2v) is 6.61. The van der Waals surface area contributed by atoms with Gasteiger partial charge in [0.1, 0.15) is 10.8 Å². The van der Waals surface area contributed by atoms with Gasteiger partial charge in [-0.05, 0) is 42.8 Å². The average Bonchev–Trinajstić information content (AvgIpc) is 3.02. The molecule has 0 aliphatic heterocycles. The Bertz CT molecular complexity index is 958. The number of anilines is 1. The molecule has 0 radical (unpaired) electrons. The van der Waals surface area contributed by atoms with E-state index in [0.29, 0.717) is 17.1 Å². The molecule has 0 unspecified atom stereocenters. The fourth-order valence-corrected chi connectivity index (χ4v) is 2.80. The van der Waals surface area contributed by atoms with Crippen LogP contribution in [0, 0.1) is 6.92 Å². The Morgan fingerprint density at radius 2 is 2.00 bits per heavy atom. The molecule has 1 N–H and O–H groups in total. The van der Waals surface area contributed by atoms with E-state index in [1.807, 2.05) is 12.3 Å². The van der Waals surface area contributed by atoms with E-state index in [9.17, 15) is 13.2 Å². The van der Waals surface area contributed by atoms with Gasteiger partial charge in [0, 0.05) is 11.6 Å². The standard InChI is InChI=1S/C17H12ClF3N4OS/c1-10-9-27-16(24-10)25-23-7-11-2-4-13(5-3-11)26-15-14(18)6-12(8-22-15)17(19,20)21/h2-9H,1H3,(H,24,25). The van der Waals surface area contributed by atoms with Gasteiger partial charge in [0.2, 0.25) is 11.0 Å². The minimum atomic E-state index is -4.51. The van der Waals surface area contributed by atoms with Gasteiger partial charge in [-0.25, -0.2) is 9.97 Å². The summed E-state index contributed by atoms with van der Waals surface area (Å²) < 4.78 is 43.3. The Morgan fingerprint density at radius 1 is 1.26 bits per heavy atom. The van der Waals surface area contributed by atoms with Crippen LogP contribution in [-0.2, 0) is 6.18 Å². The molecule has 0 atom stereocenters. The first-order chi connectivity index (χ1) is 12.8. The van der Waals surface area contributed by atoms with Crippen molar-refractivity contribution < 1.29 is 17.9 Å². The van der Waals surface area contributed by atoms with Crippen LogP contribution in [0.25, 0.3) is 0 Å². The van der Waals surface area contributed by atoms with Crippen LogP contribution in [-0.4, -0.2) is 16.2 Å². The highest BCUT2D eigenvalue weighted by atomic mass is 35.5. The number of hydrogen-bond acceptors (Lipinski definition) is 6. The quantitative estimate of drug-likeness (QED) is 0.427. The Labute approximate surface area is 161 Å². The van der Waals surface area contributed by atoms with E-state index in [1.54, 1.807) is 30.5 Å². The van der Waals surface area contributed by atoms with E-state index in [2.05, 4.69) is 20.5 Å². The summed E-state index contributed by atoms with van der Waals surface area (Å²) in [4.78, 5) is 7.85. The van der Waals surface area contributed by atoms with Crippen LogP contribution in [0.1, 0.15) is 16.8 Å². The molecule has 0 saturated heterocycles. The van der Waals surface area contributed by atoms with Gasteiger partial charge in [0.15, 0.2) is 0 Å². The number of hydrazone groups is 1. The van der Waals surface area contributed by atoms with E-state index < -0.39 is 11.7 Å². The fraction of sp³-hybridized carbons (Fsp3) is 0.118. The molecule has 3 aromatic rings. The Morgan fingerprint density at radius 3 is 2.59 bits per heavy atom. The van der Waals surface area contributed by atoms with Crippen molar-refractivity contribution in [2.45, 2.75) is 13.1 Å². The van der Waals surface area contributed by atoms with Gasteiger partial charge < -0.3 is 4.74 Å². The molecule has 5 nitrogen and oxygen atoms in total. The number of halogens is 4. The van der Waals surface area contributed by atoms with Crippen molar-refractivity contribution in [2.24, 2.45) is 5.10 Å². The first kappa shape index (κ1) is 19.1. The van der Waals surface area contributed by atoms with Gasteiger partial charge in [0.05, 0.1) is 17.5 Å². The molecule has 0 aliphatic carbocycles. The number of pyridine rings is 1. The molecule has 1 aromatic carbocycles. The van der Waals surface area contributed by atoms with E-state index in [1.165, 1.54) is 11.3 Å². The lowest BCUT2D eigenvalue weighted by Crippen LogP contribution is -2.05. The van der Waals surface area contributed by atoms with Crippen molar-refractivity contribution in [3.63, 3.8) is 0 Å². The third-order valence-corrected chi connectivity index (χ3v) is 4.36. The van der Waals surface area contributed by atoms with Gasteiger partial charge in [-0.2, -0.15) is 18.3 Å². The van der Waals surface area contributed by atoms with Crippen LogP contribution in [0.2, 0.25) is 5.02 Å². The normalized spacial score (nSPS) is 11.7. The molecule has 0 fully saturated rings. The molecule has 3 rings (SSSR count). The number of benzene rings is 1. The van der Waals surface area contributed by atoms with Crippen LogP contribution in [0.15, 0.2) is 47.0 Å². The highest BCUT2D eigenvalue weighted by Gasteiger charge is 2.31. The molecule has 0 aliphatic rings. The maximum absolute atomic E-state index is 12.6. The third-order valence-electron chi connectivity index (χ3n) is 3.22. The third kappa shape index (κ3) is 5.18. The Hall–Kier alpha value is -2.65. The SMILES string of the molecule is Cc1csc(NN=Cc2ccc(Oc3ncc(C(F)(F)F)cc3Cl)cc2)n1. The van der Waals surface area contributed by atoms with E-state index in [0.717, 1.165) is 17.3 Å². The van der Waals surface area contributed by atoms with Crippen molar-refractivity contribution in [3.8, 4) is 11.6 Å². The van der Waals surface area contributed by atoms with Crippen molar-refractivity contribution >= 4 is 34.3 Å². The monoisotopic (exact) mass is 412 g/mol. The van der Waals surface area contributed by atoms with Crippen molar-refractivity contribution in [3.05, 3.63) is 63.8 Å². The second-order valence-electron chi connectivity index (χ2n) is 5.34. The highest BCUT2D eigenvalue weighted by Crippen LogP contribution is 2.34. The predicted molar refractivity (Wildman–Crippen MR) is 98.8 cm³/mol. The molecule has 2 heterocycles. The number of aromatic nitrogens is 2. The molecule has 140 valence electrons. The zero-order valence-electron chi connectivity index (χ0n) is 13.8. The van der Waals surface area contributed by atoms with Crippen molar-refractivity contribution in [1.29, 1.82) is 0 Å². The molecule has 10 heteroatoms. The lowest BCUT2D eigenvalue weighted by Gasteiger charge is -2.10. The summed E-state index contributed by atoms with van der Waals surface area (Å²) in [5.74, 6) is 0.275. The molecule has 2 aromatic heterocycles. The van der Waals surface area contributed by atoms with Crippen molar-refractivity contribution in [1.82, 2.24) is 9.97 Å². The van der Waals surface area contributed by atoms with Gasteiger partial charge in [0.25, 0.3) is 0 Å². The largest absolute Gasteiger partial charge is 0.438 e. The van der Waals surface area contributed by atoms with Crippen molar-refractivity contribution in [2.75, 3.05) is 5.43 Å². The van der Waals surface area contributed by atoms with Gasteiger partial charge >= 0.3 is 6.18 Å². The Kier molecular flexibility index (Phi) is 5.62. The molecule has 27 heavy (non-hydrogen) atoms. The number of aryl methyl sites for hydroxylation is 1. The zero-order valence-corrected chi connectivity index (χ0v) is 15.4. The minimum Gasteiger partial charge on any atom is -0.438 e. The summed E-state index contributed by atoms with van der Waals surface area (Å²) in [7, 11) is 0. The zero-order chi connectivity index (χ0) is 19.4. The smallest absolute Gasteiger partial charge is 0.417 e. The molecule has 0 bridgehead atoms. The molecule has 0 amide bonds. The van der Waals surface area contributed by atoms with Crippen LogP contribution in [0.5, 0.6) is 11.6 Å². The summed E-state index contributed by atoms with van der Waals surface area (Å²) in [5, 5.41) is 6.45. The van der Waals surface area contributed by atoms with Crippen LogP contribution in [0.4, 0.5) is 18.3 Å². The van der Waals surface area contributed by atoms with Crippen LogP contribution < -0.4 is 10.2 Å². The number of nitrogens with zero attached hydrogens (tertiary/aromatic N) is 3. The number of thiazole rings is 1. The Balaban J connectivity index is 1.64. The maximum Gasteiger partial charge on any atom is 0.417 e. The second kappa shape index (κ2) is 7.93. The lowest BCUT2D eigenvalue weighted by atomic mass is 10.2. The topological polar surface area (TPSA) is 59.4 Å². The summed E-state index contributed by atoms with van der Waals surface area (Å²) in [6.45, 7) is 1.89. The van der Waals surface area contributed by atoms with E-state index in [-0.39, 0.29) is 10.9 Å². The highest BCUT2D eigenvalue weighted by molar-refractivity contribution is 7.13. The van der Waals surface area contributed by atoms with Gasteiger partial charge in [-0.3, -0.25) is 5.43 Å². The number of hydrogen-bond donors (Lipinski definition) is 1. The summed E-state index contributed by atoms with van der Waals surface area (Å²) >= 11 is 7.27. The lowest BCUT2D eigenvalue weighted by molar-refractivity contribution is -0.137. The van der Waals surface area contributed by atoms with Gasteiger partial charge in [-0.15, -0.1) is 11.3 Å².